The number of rotatable bonds is 6. The van der Waals surface area contributed by atoms with Crippen LogP contribution in [0.1, 0.15) is 49.0 Å². The van der Waals surface area contributed by atoms with Crippen LogP contribution in [-0.4, -0.2) is 36.6 Å². The Hall–Kier alpha value is -2.02. The lowest BCUT2D eigenvalue weighted by Gasteiger charge is -2.29. The maximum atomic E-state index is 12.2. The summed E-state index contributed by atoms with van der Waals surface area (Å²) >= 11 is 0. The lowest BCUT2D eigenvalue weighted by atomic mass is 9.72. The molecule has 1 unspecified atom stereocenters. The maximum absolute atomic E-state index is 12.2. The maximum Gasteiger partial charge on any atom is 0.547 e. The summed E-state index contributed by atoms with van der Waals surface area (Å²) in [6.07, 6.45) is 2.47. The van der Waals surface area contributed by atoms with Crippen molar-refractivity contribution in [3.05, 3.63) is 29.3 Å². The van der Waals surface area contributed by atoms with Crippen LogP contribution >= 0.6 is 0 Å². The highest BCUT2D eigenvalue weighted by molar-refractivity contribution is 6.47. The van der Waals surface area contributed by atoms with Gasteiger partial charge in [0.1, 0.15) is 11.3 Å². The summed E-state index contributed by atoms with van der Waals surface area (Å²) in [5.74, 6) is -0.806. The molecule has 0 radical (unpaired) electrons. The third-order valence-corrected chi connectivity index (χ3v) is 3.74. The summed E-state index contributed by atoms with van der Waals surface area (Å²) in [7, 11) is -1.19. The number of fused-ring (bicyclic) bond motifs is 1. The Balaban J connectivity index is 2.14. The van der Waals surface area contributed by atoms with Gasteiger partial charge in [0, 0.05) is 6.42 Å². The molecule has 1 aliphatic rings. The van der Waals surface area contributed by atoms with Crippen LogP contribution in [0.5, 0.6) is 5.75 Å². The van der Waals surface area contributed by atoms with Crippen molar-refractivity contribution in [2.45, 2.75) is 45.5 Å². The van der Waals surface area contributed by atoms with E-state index >= 15 is 0 Å². The number of para-hydroxylation sites is 1. The van der Waals surface area contributed by atoms with Crippen molar-refractivity contribution in [1.82, 2.24) is 5.32 Å². The van der Waals surface area contributed by atoms with Gasteiger partial charge in [0.15, 0.2) is 0 Å². The first-order valence-corrected chi connectivity index (χ1v) is 7.99. The zero-order valence-electron chi connectivity index (χ0n) is 13.5. The second kappa shape index (κ2) is 8.01. The Labute approximate surface area is 136 Å². The molecule has 6 nitrogen and oxygen atoms in total. The number of hydrogen-bond acceptors (Lipinski definition) is 5. The standard InChI is InChI=1S/C16H22BNO5/c1-3-5-9-22-16(20)12-8-6-7-11-10-13(18-14(19)4-2)17(21)23-15(11)12/h6-8,13,21H,3-5,9-10H2,1-2H3,(H,18,19). The van der Waals surface area contributed by atoms with Crippen molar-refractivity contribution >= 4 is 19.0 Å². The van der Waals surface area contributed by atoms with E-state index in [4.69, 9.17) is 9.39 Å². The summed E-state index contributed by atoms with van der Waals surface area (Å²) < 4.78 is 10.7. The van der Waals surface area contributed by atoms with Crippen LogP contribution in [0.2, 0.25) is 0 Å². The van der Waals surface area contributed by atoms with Gasteiger partial charge in [0.05, 0.1) is 12.5 Å². The Morgan fingerprint density at radius 1 is 1.43 bits per heavy atom. The highest BCUT2D eigenvalue weighted by atomic mass is 16.5. The first kappa shape index (κ1) is 17.3. The molecule has 0 spiro atoms. The van der Waals surface area contributed by atoms with Crippen molar-refractivity contribution in [2.75, 3.05) is 6.61 Å². The predicted molar refractivity (Wildman–Crippen MR) is 86.2 cm³/mol. The third kappa shape index (κ3) is 4.25. The van der Waals surface area contributed by atoms with Crippen molar-refractivity contribution < 1.29 is 24.0 Å². The molecule has 0 aromatic heterocycles. The van der Waals surface area contributed by atoms with Crippen LogP contribution < -0.4 is 9.97 Å². The van der Waals surface area contributed by atoms with E-state index in [2.05, 4.69) is 5.32 Å². The molecule has 124 valence electrons. The number of esters is 1. The third-order valence-electron chi connectivity index (χ3n) is 3.74. The Morgan fingerprint density at radius 2 is 2.22 bits per heavy atom. The van der Waals surface area contributed by atoms with Crippen LogP contribution in [0, 0.1) is 0 Å². The molecule has 0 aliphatic carbocycles. The van der Waals surface area contributed by atoms with Crippen LogP contribution in [-0.2, 0) is 16.0 Å². The second-order valence-electron chi connectivity index (χ2n) is 5.52. The van der Waals surface area contributed by atoms with Gasteiger partial charge in [0.2, 0.25) is 5.91 Å². The highest BCUT2D eigenvalue weighted by Crippen LogP contribution is 2.30. The summed E-state index contributed by atoms with van der Waals surface area (Å²) in [5.41, 5.74) is 1.07. The molecular formula is C16H22BNO5. The van der Waals surface area contributed by atoms with E-state index in [-0.39, 0.29) is 5.91 Å². The number of benzene rings is 1. The fourth-order valence-corrected chi connectivity index (χ4v) is 2.40. The molecule has 1 aromatic rings. The van der Waals surface area contributed by atoms with Gasteiger partial charge < -0.3 is 19.7 Å². The van der Waals surface area contributed by atoms with E-state index in [1.165, 1.54) is 0 Å². The Kier molecular flexibility index (Phi) is 6.04. The van der Waals surface area contributed by atoms with Crippen LogP contribution in [0.25, 0.3) is 0 Å². The van der Waals surface area contributed by atoms with Crippen LogP contribution in [0.4, 0.5) is 0 Å². The van der Waals surface area contributed by atoms with E-state index < -0.39 is 19.0 Å². The van der Waals surface area contributed by atoms with Crippen LogP contribution in [0.3, 0.4) is 0 Å². The molecular weight excluding hydrogens is 297 g/mol. The lowest BCUT2D eigenvalue weighted by molar-refractivity contribution is -0.121. The molecule has 1 aromatic carbocycles. The van der Waals surface area contributed by atoms with Crippen molar-refractivity contribution in [3.8, 4) is 5.75 Å². The van der Waals surface area contributed by atoms with E-state index in [0.717, 1.165) is 18.4 Å². The van der Waals surface area contributed by atoms with E-state index in [1.54, 1.807) is 19.1 Å². The molecule has 1 amide bonds. The molecule has 2 N–H and O–H groups in total. The van der Waals surface area contributed by atoms with Gasteiger partial charge >= 0.3 is 13.1 Å². The smallest absolute Gasteiger partial charge is 0.534 e. The number of carbonyl (C=O) groups excluding carboxylic acids is 2. The minimum absolute atomic E-state index is 0.156. The van der Waals surface area contributed by atoms with Gasteiger partial charge in [-0.15, -0.1) is 0 Å². The SMILES string of the molecule is CCCCOC(=O)c1cccc2c1OB(O)C(NC(=O)CC)C2. The molecule has 1 aliphatic heterocycles. The fraction of sp³-hybridized carbons (Fsp3) is 0.500. The number of hydrogen-bond donors (Lipinski definition) is 2. The topological polar surface area (TPSA) is 84.9 Å². The summed E-state index contributed by atoms with van der Waals surface area (Å²) in [6.45, 7) is 4.11. The van der Waals surface area contributed by atoms with Gasteiger partial charge in [-0.2, -0.15) is 0 Å². The molecule has 7 heteroatoms. The van der Waals surface area contributed by atoms with Gasteiger partial charge in [-0.05, 0) is 24.5 Å². The molecule has 0 saturated heterocycles. The average Bonchev–Trinajstić information content (AvgIpc) is 2.55. The molecule has 1 atom stereocenters. The molecule has 0 bridgehead atoms. The Bertz CT molecular complexity index is 578. The average molecular weight is 319 g/mol. The number of amides is 1. The number of ether oxygens (including phenoxy) is 1. The Morgan fingerprint density at radius 3 is 2.91 bits per heavy atom. The van der Waals surface area contributed by atoms with Crippen molar-refractivity contribution in [2.24, 2.45) is 0 Å². The van der Waals surface area contributed by atoms with Gasteiger partial charge in [0.25, 0.3) is 0 Å². The summed E-state index contributed by atoms with van der Waals surface area (Å²) in [6, 6.07) is 5.18. The first-order chi connectivity index (χ1) is 11.1. The quantitative estimate of drug-likeness (QED) is 0.471. The zero-order valence-corrected chi connectivity index (χ0v) is 13.5. The van der Waals surface area contributed by atoms with Gasteiger partial charge in [-0.25, -0.2) is 4.79 Å². The minimum atomic E-state index is -1.19. The highest BCUT2D eigenvalue weighted by Gasteiger charge is 2.37. The molecule has 23 heavy (non-hydrogen) atoms. The largest absolute Gasteiger partial charge is 0.547 e. The minimum Gasteiger partial charge on any atom is -0.534 e. The zero-order chi connectivity index (χ0) is 16.8. The molecule has 0 saturated carbocycles. The number of nitrogens with one attached hydrogen (secondary N) is 1. The fourth-order valence-electron chi connectivity index (χ4n) is 2.40. The van der Waals surface area contributed by atoms with Crippen molar-refractivity contribution in [3.63, 3.8) is 0 Å². The molecule has 2 rings (SSSR count). The predicted octanol–water partition coefficient (Wildman–Crippen LogP) is 1.49. The second-order valence-corrected chi connectivity index (χ2v) is 5.52. The summed E-state index contributed by atoms with van der Waals surface area (Å²) in [5, 5.41) is 12.8. The van der Waals surface area contributed by atoms with Crippen molar-refractivity contribution in [1.29, 1.82) is 0 Å². The first-order valence-electron chi connectivity index (χ1n) is 7.99. The monoisotopic (exact) mass is 319 g/mol. The number of unbranched alkanes of at least 4 members (excludes halogenated alkanes) is 1. The van der Waals surface area contributed by atoms with E-state index in [1.807, 2.05) is 13.0 Å². The normalized spacial score (nSPS) is 16.3. The van der Waals surface area contributed by atoms with Gasteiger partial charge in [-0.3, -0.25) is 4.79 Å². The number of carbonyl (C=O) groups is 2. The van der Waals surface area contributed by atoms with Gasteiger partial charge in [-0.1, -0.05) is 32.4 Å². The lowest BCUT2D eigenvalue weighted by Crippen LogP contribution is -2.53. The van der Waals surface area contributed by atoms with E-state index in [0.29, 0.717) is 30.8 Å². The molecule has 1 heterocycles. The van der Waals surface area contributed by atoms with Crippen LogP contribution in [0.15, 0.2) is 18.2 Å². The summed E-state index contributed by atoms with van der Waals surface area (Å²) in [4.78, 5) is 23.7. The molecule has 0 fully saturated rings. The van der Waals surface area contributed by atoms with E-state index in [9.17, 15) is 14.6 Å².